The van der Waals surface area contributed by atoms with Gasteiger partial charge in [-0.15, -0.1) is 0 Å². The number of fused-ring (bicyclic) bond motifs is 1. The predicted molar refractivity (Wildman–Crippen MR) is 94.2 cm³/mol. The van der Waals surface area contributed by atoms with Crippen LogP contribution < -0.4 is 14.9 Å². The van der Waals surface area contributed by atoms with E-state index >= 15 is 0 Å². The Balaban J connectivity index is 1.72. The molecule has 6 nitrogen and oxygen atoms in total. The predicted octanol–water partition coefficient (Wildman–Crippen LogP) is 2.77. The van der Waals surface area contributed by atoms with Gasteiger partial charge in [0, 0.05) is 5.56 Å². The minimum atomic E-state index is -0.775. The third kappa shape index (κ3) is 3.74. The molecule has 0 saturated heterocycles. The lowest BCUT2D eigenvalue weighted by atomic mass is 10.0. The zero-order valence-electron chi connectivity index (χ0n) is 14.2. The Hall–Kier alpha value is -3.02. The number of phenolic OH excluding ortho intramolecular Hbond substituents is 1. The number of ether oxygens (including phenoxy) is 2. The van der Waals surface area contributed by atoms with Crippen molar-refractivity contribution >= 4 is 11.6 Å². The molecule has 0 fully saturated rings. The Morgan fingerprint density at radius 3 is 2.80 bits per heavy atom. The minimum Gasteiger partial charge on any atom is -0.507 e. The van der Waals surface area contributed by atoms with Gasteiger partial charge >= 0.3 is 0 Å². The van der Waals surface area contributed by atoms with Gasteiger partial charge in [-0.1, -0.05) is 30.7 Å². The number of nitrogens with one attached hydrogen (secondary N) is 1. The van der Waals surface area contributed by atoms with E-state index in [4.69, 9.17) is 9.47 Å². The topological polar surface area (TPSA) is 80.2 Å². The van der Waals surface area contributed by atoms with Crippen LogP contribution in [0.15, 0.2) is 47.6 Å². The van der Waals surface area contributed by atoms with Gasteiger partial charge in [0.25, 0.3) is 5.91 Å². The number of carbonyl (C=O) groups excluding carboxylic acids is 1. The van der Waals surface area contributed by atoms with E-state index in [9.17, 15) is 9.90 Å². The normalized spacial score (nSPS) is 16.4. The number of aryl methyl sites for hydroxylation is 1. The summed E-state index contributed by atoms with van der Waals surface area (Å²) in [6.45, 7) is 3.96. The summed E-state index contributed by atoms with van der Waals surface area (Å²) in [5, 5.41) is 14.2. The average Bonchev–Trinajstić information content (AvgIpc) is 2.64. The highest BCUT2D eigenvalue weighted by Gasteiger charge is 2.27. The summed E-state index contributed by atoms with van der Waals surface area (Å²) < 4.78 is 11.2. The molecule has 2 aromatic carbocycles. The van der Waals surface area contributed by atoms with E-state index < -0.39 is 12.0 Å². The second-order valence-electron chi connectivity index (χ2n) is 5.77. The molecule has 0 spiro atoms. The van der Waals surface area contributed by atoms with E-state index in [1.807, 2.05) is 38.1 Å². The van der Waals surface area contributed by atoms with Crippen LogP contribution in [0, 0.1) is 6.92 Å². The maximum Gasteiger partial charge on any atom is 0.284 e. The molecule has 0 saturated carbocycles. The molecule has 3 rings (SSSR count). The van der Waals surface area contributed by atoms with Crippen molar-refractivity contribution in [1.29, 1.82) is 0 Å². The van der Waals surface area contributed by atoms with Gasteiger partial charge in [-0.05, 0) is 37.6 Å². The van der Waals surface area contributed by atoms with E-state index in [1.54, 1.807) is 18.2 Å². The van der Waals surface area contributed by atoms with Crippen LogP contribution in [-0.4, -0.2) is 29.4 Å². The van der Waals surface area contributed by atoms with Gasteiger partial charge in [-0.2, -0.15) is 5.10 Å². The highest BCUT2D eigenvalue weighted by molar-refractivity contribution is 6.03. The molecule has 1 heterocycles. The largest absolute Gasteiger partial charge is 0.507 e. The molecule has 2 aromatic rings. The van der Waals surface area contributed by atoms with Crippen molar-refractivity contribution in [3.8, 4) is 17.2 Å². The van der Waals surface area contributed by atoms with E-state index in [0.29, 0.717) is 29.2 Å². The maximum atomic E-state index is 12.3. The third-order valence-electron chi connectivity index (χ3n) is 3.90. The lowest BCUT2D eigenvalue weighted by Gasteiger charge is -2.24. The van der Waals surface area contributed by atoms with E-state index in [0.717, 1.165) is 5.56 Å². The molecule has 25 heavy (non-hydrogen) atoms. The summed E-state index contributed by atoms with van der Waals surface area (Å²) in [5.41, 5.74) is 4.71. The molecule has 0 radical (unpaired) electrons. The Labute approximate surface area is 146 Å². The van der Waals surface area contributed by atoms with Gasteiger partial charge < -0.3 is 14.6 Å². The zero-order valence-corrected chi connectivity index (χ0v) is 14.2. The van der Waals surface area contributed by atoms with E-state index in [1.165, 1.54) is 0 Å². The molecule has 0 unspecified atom stereocenters. The van der Waals surface area contributed by atoms with Crippen LogP contribution in [0.4, 0.5) is 0 Å². The smallest absolute Gasteiger partial charge is 0.284 e. The molecule has 6 heteroatoms. The molecule has 0 aromatic heterocycles. The summed E-state index contributed by atoms with van der Waals surface area (Å²) in [7, 11) is 0. The quantitative estimate of drug-likeness (QED) is 0.662. The van der Waals surface area contributed by atoms with Crippen molar-refractivity contribution in [2.24, 2.45) is 5.10 Å². The van der Waals surface area contributed by atoms with Gasteiger partial charge in [0.05, 0.1) is 5.71 Å². The van der Waals surface area contributed by atoms with Crippen LogP contribution in [0.5, 0.6) is 17.2 Å². The van der Waals surface area contributed by atoms with Crippen molar-refractivity contribution < 1.29 is 19.4 Å². The number of para-hydroxylation sites is 2. The lowest BCUT2D eigenvalue weighted by molar-refractivity contribution is -0.130. The lowest BCUT2D eigenvalue weighted by Crippen LogP contribution is -2.42. The molecule has 2 N–H and O–H groups in total. The van der Waals surface area contributed by atoms with Crippen LogP contribution in [0.2, 0.25) is 0 Å². The summed E-state index contributed by atoms with van der Waals surface area (Å²) in [6, 6.07) is 12.5. The Kier molecular flexibility index (Phi) is 4.88. The molecule has 1 atom stereocenters. The molecule has 1 aliphatic heterocycles. The second kappa shape index (κ2) is 7.25. The van der Waals surface area contributed by atoms with Gasteiger partial charge in [0.1, 0.15) is 12.4 Å². The highest BCUT2D eigenvalue weighted by Crippen LogP contribution is 2.30. The van der Waals surface area contributed by atoms with Crippen molar-refractivity contribution in [3.05, 3.63) is 53.6 Å². The Morgan fingerprint density at radius 2 is 2.04 bits per heavy atom. The maximum absolute atomic E-state index is 12.3. The fraction of sp³-hybridized carbons (Fsp3) is 0.263. The van der Waals surface area contributed by atoms with Gasteiger partial charge in [0.2, 0.25) is 6.10 Å². The first-order valence-electron chi connectivity index (χ1n) is 8.13. The van der Waals surface area contributed by atoms with Crippen LogP contribution in [0.1, 0.15) is 24.5 Å². The highest BCUT2D eigenvalue weighted by atomic mass is 16.6. The standard InChI is InChI=1S/C19H20N2O4/c1-3-14(13-10-12(2)8-9-15(13)22)20-21-19(23)18-11-24-16-6-4-5-7-17(16)25-18/h4-10,18,22H,3,11H2,1-2H3,(H,21,23)/b20-14+/t18-/m1/s1. The number of rotatable bonds is 4. The zero-order chi connectivity index (χ0) is 17.8. The van der Waals surface area contributed by atoms with Crippen molar-refractivity contribution in [2.45, 2.75) is 26.4 Å². The van der Waals surface area contributed by atoms with Crippen LogP contribution >= 0.6 is 0 Å². The first-order valence-corrected chi connectivity index (χ1v) is 8.13. The van der Waals surface area contributed by atoms with Crippen molar-refractivity contribution in [2.75, 3.05) is 6.61 Å². The Bertz CT molecular complexity index is 817. The van der Waals surface area contributed by atoms with Gasteiger partial charge in [-0.25, -0.2) is 5.43 Å². The summed E-state index contributed by atoms with van der Waals surface area (Å²) in [6.07, 6.45) is -0.217. The molecule has 1 amide bonds. The number of aromatic hydroxyl groups is 1. The fourth-order valence-corrected chi connectivity index (χ4v) is 2.55. The number of nitrogens with zero attached hydrogens (tertiary/aromatic N) is 1. The van der Waals surface area contributed by atoms with Crippen LogP contribution in [0.3, 0.4) is 0 Å². The summed E-state index contributed by atoms with van der Waals surface area (Å²) >= 11 is 0. The first kappa shape index (κ1) is 16.8. The minimum absolute atomic E-state index is 0.121. The number of phenols is 1. The number of benzene rings is 2. The molecular formula is C19H20N2O4. The molecule has 130 valence electrons. The second-order valence-corrected chi connectivity index (χ2v) is 5.77. The molecule has 0 bridgehead atoms. The summed E-state index contributed by atoms with van der Waals surface area (Å²) in [5.74, 6) is 0.887. The fourth-order valence-electron chi connectivity index (χ4n) is 2.55. The number of carbonyl (C=O) groups is 1. The van der Waals surface area contributed by atoms with Crippen LogP contribution in [0.25, 0.3) is 0 Å². The third-order valence-corrected chi connectivity index (χ3v) is 3.90. The number of hydrogen-bond donors (Lipinski definition) is 2. The number of hydrazone groups is 1. The van der Waals surface area contributed by atoms with E-state index in [2.05, 4.69) is 10.5 Å². The number of hydrogen-bond acceptors (Lipinski definition) is 5. The van der Waals surface area contributed by atoms with Crippen molar-refractivity contribution in [3.63, 3.8) is 0 Å². The summed E-state index contributed by atoms with van der Waals surface area (Å²) in [4.78, 5) is 12.3. The van der Waals surface area contributed by atoms with Gasteiger partial charge in [0.15, 0.2) is 11.5 Å². The average molecular weight is 340 g/mol. The van der Waals surface area contributed by atoms with Crippen molar-refractivity contribution in [1.82, 2.24) is 5.43 Å². The molecule has 1 aliphatic rings. The Morgan fingerprint density at radius 1 is 1.28 bits per heavy atom. The van der Waals surface area contributed by atoms with Crippen LogP contribution in [-0.2, 0) is 4.79 Å². The number of amides is 1. The first-order chi connectivity index (χ1) is 12.1. The molecule has 0 aliphatic carbocycles. The monoisotopic (exact) mass is 340 g/mol. The molecular weight excluding hydrogens is 320 g/mol. The van der Waals surface area contributed by atoms with Gasteiger partial charge in [-0.3, -0.25) is 4.79 Å². The SMILES string of the molecule is CC/C(=N\NC(=O)[C@H]1COc2ccccc2O1)c1cc(C)ccc1O. The van der Waals surface area contributed by atoms with E-state index in [-0.39, 0.29) is 12.4 Å².